The number of carboxylic acids is 1. The maximum atomic E-state index is 10.4. The van der Waals surface area contributed by atoms with Crippen LogP contribution >= 0.6 is 34.8 Å². The minimum absolute atomic E-state index is 0.141. The van der Waals surface area contributed by atoms with E-state index in [1.807, 2.05) is 0 Å². The molecule has 3 nitrogen and oxygen atoms in total. The van der Waals surface area contributed by atoms with Crippen LogP contribution in [0.15, 0.2) is 12.1 Å². The van der Waals surface area contributed by atoms with Gasteiger partial charge in [-0.2, -0.15) is 0 Å². The van der Waals surface area contributed by atoms with Gasteiger partial charge in [0.2, 0.25) is 0 Å². The Bertz CT molecular complexity index is 409. The SMILES string of the molecule is CC(NCC(=O)O)c1ccc(Cl)c(Cl)c1Cl. The molecule has 16 heavy (non-hydrogen) atoms. The van der Waals surface area contributed by atoms with Gasteiger partial charge in [-0.3, -0.25) is 4.79 Å². The lowest BCUT2D eigenvalue weighted by Gasteiger charge is -2.15. The van der Waals surface area contributed by atoms with Crippen LogP contribution in [0.2, 0.25) is 15.1 Å². The van der Waals surface area contributed by atoms with Gasteiger partial charge in [0.15, 0.2) is 0 Å². The van der Waals surface area contributed by atoms with E-state index in [-0.39, 0.29) is 17.6 Å². The molecular formula is C10H10Cl3NO2. The Morgan fingerprint density at radius 3 is 2.56 bits per heavy atom. The molecule has 0 fully saturated rings. The zero-order valence-electron chi connectivity index (χ0n) is 8.43. The first kappa shape index (κ1) is 13.6. The van der Waals surface area contributed by atoms with E-state index in [1.165, 1.54) is 0 Å². The predicted octanol–water partition coefficient (Wildman–Crippen LogP) is 3.38. The molecule has 1 aromatic carbocycles. The van der Waals surface area contributed by atoms with Gasteiger partial charge in [0.1, 0.15) is 0 Å². The Morgan fingerprint density at radius 2 is 2.00 bits per heavy atom. The fraction of sp³-hybridized carbons (Fsp3) is 0.300. The molecule has 1 rings (SSSR count). The molecule has 0 aliphatic carbocycles. The number of halogens is 3. The van der Waals surface area contributed by atoms with Crippen molar-refractivity contribution in [1.29, 1.82) is 0 Å². The quantitative estimate of drug-likeness (QED) is 0.832. The molecule has 0 spiro atoms. The van der Waals surface area contributed by atoms with Crippen molar-refractivity contribution in [1.82, 2.24) is 5.32 Å². The third-order valence-corrected chi connectivity index (χ3v) is 3.40. The summed E-state index contributed by atoms with van der Waals surface area (Å²) in [4.78, 5) is 10.4. The van der Waals surface area contributed by atoms with Crippen LogP contribution in [0.3, 0.4) is 0 Å². The van der Waals surface area contributed by atoms with Crippen LogP contribution in [-0.4, -0.2) is 17.6 Å². The average molecular weight is 283 g/mol. The number of nitrogens with one attached hydrogen (secondary N) is 1. The van der Waals surface area contributed by atoms with E-state index >= 15 is 0 Å². The van der Waals surface area contributed by atoms with E-state index < -0.39 is 5.97 Å². The highest BCUT2D eigenvalue weighted by Crippen LogP contribution is 2.35. The molecular weight excluding hydrogens is 272 g/mol. The minimum Gasteiger partial charge on any atom is -0.480 e. The molecule has 88 valence electrons. The Kier molecular flexibility index (Phi) is 4.87. The second-order valence-corrected chi connectivity index (χ2v) is 4.42. The molecule has 0 aliphatic rings. The zero-order chi connectivity index (χ0) is 12.3. The lowest BCUT2D eigenvalue weighted by molar-refractivity contribution is -0.136. The van der Waals surface area contributed by atoms with E-state index in [0.717, 1.165) is 5.56 Å². The molecule has 0 saturated carbocycles. The van der Waals surface area contributed by atoms with E-state index in [1.54, 1.807) is 19.1 Å². The smallest absolute Gasteiger partial charge is 0.317 e. The number of carboxylic acid groups (broad SMARTS) is 1. The van der Waals surface area contributed by atoms with Gasteiger partial charge in [0.25, 0.3) is 0 Å². The predicted molar refractivity (Wildman–Crippen MR) is 65.5 cm³/mol. The topological polar surface area (TPSA) is 49.3 Å². The Labute approximate surface area is 108 Å². The van der Waals surface area contributed by atoms with Crippen molar-refractivity contribution in [2.24, 2.45) is 0 Å². The first-order valence-corrected chi connectivity index (χ1v) is 5.65. The minimum atomic E-state index is -0.928. The van der Waals surface area contributed by atoms with Crippen molar-refractivity contribution < 1.29 is 9.90 Å². The fourth-order valence-electron chi connectivity index (χ4n) is 1.23. The first-order valence-electron chi connectivity index (χ1n) is 4.52. The second-order valence-electron chi connectivity index (χ2n) is 3.26. The van der Waals surface area contributed by atoms with Gasteiger partial charge in [-0.05, 0) is 18.6 Å². The van der Waals surface area contributed by atoms with Crippen molar-refractivity contribution >= 4 is 40.8 Å². The average Bonchev–Trinajstić information content (AvgIpc) is 2.23. The van der Waals surface area contributed by atoms with Crippen molar-refractivity contribution in [2.75, 3.05) is 6.54 Å². The van der Waals surface area contributed by atoms with Gasteiger partial charge >= 0.3 is 5.97 Å². The molecule has 0 heterocycles. The number of rotatable bonds is 4. The molecule has 1 atom stereocenters. The first-order chi connectivity index (χ1) is 7.43. The summed E-state index contributed by atoms with van der Waals surface area (Å²) < 4.78 is 0. The molecule has 0 saturated heterocycles. The van der Waals surface area contributed by atoms with Crippen molar-refractivity contribution in [2.45, 2.75) is 13.0 Å². The van der Waals surface area contributed by atoms with Crippen molar-refractivity contribution in [3.8, 4) is 0 Å². The van der Waals surface area contributed by atoms with Crippen molar-refractivity contribution in [3.63, 3.8) is 0 Å². The largest absolute Gasteiger partial charge is 0.480 e. The molecule has 6 heteroatoms. The summed E-state index contributed by atoms with van der Waals surface area (Å²) in [7, 11) is 0. The standard InChI is InChI=1S/C10H10Cl3NO2/c1-5(14-4-8(15)16)6-2-3-7(11)10(13)9(6)12/h2-3,5,14H,4H2,1H3,(H,15,16). The van der Waals surface area contributed by atoms with Crippen LogP contribution in [0.4, 0.5) is 0 Å². The van der Waals surface area contributed by atoms with Gasteiger partial charge in [0.05, 0.1) is 21.6 Å². The maximum Gasteiger partial charge on any atom is 0.317 e. The van der Waals surface area contributed by atoms with Crippen LogP contribution < -0.4 is 5.32 Å². The van der Waals surface area contributed by atoms with E-state index in [4.69, 9.17) is 39.9 Å². The number of benzene rings is 1. The Balaban J connectivity index is 2.87. The highest BCUT2D eigenvalue weighted by atomic mass is 35.5. The third kappa shape index (κ3) is 3.25. The monoisotopic (exact) mass is 281 g/mol. The van der Waals surface area contributed by atoms with Gasteiger partial charge < -0.3 is 10.4 Å². The molecule has 0 aliphatic heterocycles. The summed E-state index contributed by atoms with van der Waals surface area (Å²) in [5.41, 5.74) is 0.720. The van der Waals surface area contributed by atoms with Crippen LogP contribution in [0.5, 0.6) is 0 Å². The summed E-state index contributed by atoms with van der Waals surface area (Å²) in [6.45, 7) is 1.66. The van der Waals surface area contributed by atoms with Gasteiger partial charge in [-0.1, -0.05) is 40.9 Å². The van der Waals surface area contributed by atoms with Crippen LogP contribution in [0.25, 0.3) is 0 Å². The fourth-order valence-corrected chi connectivity index (χ4v) is 1.93. The molecule has 0 bridgehead atoms. The highest BCUT2D eigenvalue weighted by Gasteiger charge is 2.14. The molecule has 1 unspecified atom stereocenters. The number of aliphatic carboxylic acids is 1. The van der Waals surface area contributed by atoms with Gasteiger partial charge in [-0.25, -0.2) is 0 Å². The van der Waals surface area contributed by atoms with Gasteiger partial charge in [-0.15, -0.1) is 0 Å². The van der Waals surface area contributed by atoms with Crippen LogP contribution in [0, 0.1) is 0 Å². The summed E-state index contributed by atoms with van der Waals surface area (Å²) >= 11 is 17.7. The summed E-state index contributed by atoms with van der Waals surface area (Å²) in [6.07, 6.45) is 0. The second kappa shape index (κ2) is 5.73. The number of carbonyl (C=O) groups is 1. The molecule has 0 amide bonds. The molecule has 2 N–H and O–H groups in total. The van der Waals surface area contributed by atoms with Crippen LogP contribution in [0.1, 0.15) is 18.5 Å². The Hall–Kier alpha value is -0.480. The van der Waals surface area contributed by atoms with E-state index in [9.17, 15) is 4.79 Å². The van der Waals surface area contributed by atoms with E-state index in [2.05, 4.69) is 5.32 Å². The normalized spacial score (nSPS) is 12.5. The zero-order valence-corrected chi connectivity index (χ0v) is 10.7. The summed E-state index contributed by atoms with van der Waals surface area (Å²) in [6, 6.07) is 3.14. The maximum absolute atomic E-state index is 10.4. The lowest BCUT2D eigenvalue weighted by Crippen LogP contribution is -2.25. The molecule has 0 aromatic heterocycles. The van der Waals surface area contributed by atoms with Crippen molar-refractivity contribution in [3.05, 3.63) is 32.8 Å². The van der Waals surface area contributed by atoms with Gasteiger partial charge in [0, 0.05) is 6.04 Å². The highest BCUT2D eigenvalue weighted by molar-refractivity contribution is 6.48. The number of hydrogen-bond acceptors (Lipinski definition) is 2. The molecule has 0 radical (unpaired) electrons. The molecule has 1 aromatic rings. The third-order valence-electron chi connectivity index (χ3n) is 2.09. The van der Waals surface area contributed by atoms with E-state index in [0.29, 0.717) is 10.0 Å². The Morgan fingerprint density at radius 1 is 1.38 bits per heavy atom. The number of hydrogen-bond donors (Lipinski definition) is 2. The summed E-state index contributed by atoms with van der Waals surface area (Å²) in [5, 5.41) is 12.3. The summed E-state index contributed by atoms with van der Waals surface area (Å²) in [5.74, 6) is -0.928. The lowest BCUT2D eigenvalue weighted by atomic mass is 10.1. The van der Waals surface area contributed by atoms with Crippen LogP contribution in [-0.2, 0) is 4.79 Å².